The number of nitrogens with one attached hydrogen (secondary N) is 1. The fraction of sp³-hybridized carbons (Fsp3) is 0.238. The molecule has 1 N–H and O–H groups in total. The summed E-state index contributed by atoms with van der Waals surface area (Å²) in [6.07, 6.45) is -4.61. The highest BCUT2D eigenvalue weighted by Gasteiger charge is 2.33. The minimum atomic E-state index is -4.61. The van der Waals surface area contributed by atoms with Crippen molar-refractivity contribution in [3.05, 3.63) is 70.5 Å². The molecule has 1 aromatic carbocycles. The van der Waals surface area contributed by atoms with Crippen LogP contribution in [-0.4, -0.2) is 26.7 Å². The fourth-order valence-corrected chi connectivity index (χ4v) is 4.09. The normalized spacial score (nSPS) is 13.4. The van der Waals surface area contributed by atoms with Crippen LogP contribution >= 0.6 is 11.3 Å². The molecule has 0 bridgehead atoms. The van der Waals surface area contributed by atoms with Gasteiger partial charge in [0, 0.05) is 24.9 Å². The van der Waals surface area contributed by atoms with Gasteiger partial charge in [0.2, 0.25) is 5.91 Å². The van der Waals surface area contributed by atoms with Crippen LogP contribution in [-0.2, 0) is 28.8 Å². The van der Waals surface area contributed by atoms with Crippen LogP contribution in [0.5, 0.6) is 0 Å². The molecule has 2 unspecified atom stereocenters. The maximum Gasteiger partial charge on any atom is 0.433 e. The Labute approximate surface area is 193 Å². The van der Waals surface area contributed by atoms with Crippen LogP contribution in [0.2, 0.25) is 0 Å². The first-order chi connectivity index (χ1) is 15.5. The summed E-state index contributed by atoms with van der Waals surface area (Å²) < 4.78 is 76.4. The van der Waals surface area contributed by atoms with Crippen molar-refractivity contribution in [2.24, 2.45) is 0 Å². The molecule has 3 rings (SSSR count). The van der Waals surface area contributed by atoms with E-state index in [2.05, 4.69) is 10.3 Å². The molecule has 3 aromatic rings. The number of amides is 1. The van der Waals surface area contributed by atoms with Gasteiger partial charge in [-0.15, -0.1) is 11.3 Å². The van der Waals surface area contributed by atoms with E-state index >= 15 is 0 Å². The average molecular weight is 501 g/mol. The van der Waals surface area contributed by atoms with Gasteiger partial charge in [0.15, 0.2) is 0 Å². The molecule has 0 aliphatic heterocycles. The van der Waals surface area contributed by atoms with Crippen molar-refractivity contribution in [1.82, 2.24) is 10.3 Å². The molecule has 2 atom stereocenters. The predicted octanol–water partition coefficient (Wildman–Crippen LogP) is 4.62. The summed E-state index contributed by atoms with van der Waals surface area (Å²) in [5, 5.41) is 4.35. The van der Waals surface area contributed by atoms with E-state index in [1.54, 1.807) is 17.5 Å². The largest absolute Gasteiger partial charge is 0.755 e. The Kier molecular flexibility index (Phi) is 7.50. The maximum atomic E-state index is 14.3. The van der Waals surface area contributed by atoms with Crippen molar-refractivity contribution in [2.75, 3.05) is 11.4 Å². The summed E-state index contributed by atoms with van der Waals surface area (Å²) in [4.78, 5) is 16.9. The minimum Gasteiger partial charge on any atom is -0.755 e. The van der Waals surface area contributed by atoms with Crippen molar-refractivity contribution in [3.8, 4) is 10.6 Å². The molecule has 176 valence electrons. The lowest BCUT2D eigenvalue weighted by Crippen LogP contribution is -2.28. The van der Waals surface area contributed by atoms with Crippen molar-refractivity contribution < 1.29 is 31.1 Å². The van der Waals surface area contributed by atoms with Gasteiger partial charge in [-0.1, -0.05) is 18.2 Å². The van der Waals surface area contributed by atoms with E-state index in [1.807, 2.05) is 0 Å². The SMILES string of the molecule is CC(C(=O)NCc1ccc(C(F)(F)F)nc1-c1cccs1)c1ccc(N(C)S(=O)[O-])c(F)c1. The molecule has 33 heavy (non-hydrogen) atoms. The van der Waals surface area contributed by atoms with Gasteiger partial charge in [0.1, 0.15) is 11.5 Å². The van der Waals surface area contributed by atoms with Crippen molar-refractivity contribution in [3.63, 3.8) is 0 Å². The molecule has 12 heteroatoms. The zero-order valence-electron chi connectivity index (χ0n) is 17.4. The summed E-state index contributed by atoms with van der Waals surface area (Å²) in [5.74, 6) is -2.10. The number of hydrogen-bond acceptors (Lipinski definition) is 5. The summed E-state index contributed by atoms with van der Waals surface area (Å²) in [7, 11) is 1.18. The van der Waals surface area contributed by atoms with Crippen molar-refractivity contribution >= 4 is 34.2 Å². The lowest BCUT2D eigenvalue weighted by Gasteiger charge is -2.22. The number of thiophene rings is 1. The Morgan fingerprint density at radius 2 is 2.00 bits per heavy atom. The van der Waals surface area contributed by atoms with E-state index < -0.39 is 40.8 Å². The molecule has 2 heterocycles. The number of halogens is 4. The highest BCUT2D eigenvalue weighted by Crippen LogP contribution is 2.33. The Morgan fingerprint density at radius 3 is 2.58 bits per heavy atom. The highest BCUT2D eigenvalue weighted by molar-refractivity contribution is 7.80. The van der Waals surface area contributed by atoms with Gasteiger partial charge in [0.25, 0.3) is 0 Å². The minimum absolute atomic E-state index is 0.0833. The number of alkyl halides is 3. The maximum absolute atomic E-state index is 14.3. The van der Waals surface area contributed by atoms with E-state index in [9.17, 15) is 31.1 Å². The van der Waals surface area contributed by atoms with Gasteiger partial charge in [-0.25, -0.2) is 9.37 Å². The number of rotatable bonds is 7. The fourth-order valence-electron chi connectivity index (χ4n) is 3.03. The average Bonchev–Trinajstić information content (AvgIpc) is 3.30. The summed E-state index contributed by atoms with van der Waals surface area (Å²) in [6, 6.07) is 9.19. The molecular weight excluding hydrogens is 482 g/mol. The van der Waals surface area contributed by atoms with E-state index in [0.29, 0.717) is 20.3 Å². The Hall–Kier alpha value is -2.83. The second-order valence-electron chi connectivity index (χ2n) is 7.04. The van der Waals surface area contributed by atoms with Gasteiger partial charge >= 0.3 is 6.18 Å². The third-order valence-corrected chi connectivity index (χ3v) is 6.43. The van der Waals surface area contributed by atoms with Crippen LogP contribution in [0, 0.1) is 5.82 Å². The second kappa shape index (κ2) is 9.98. The van der Waals surface area contributed by atoms with Crippen LogP contribution in [0.15, 0.2) is 47.8 Å². The van der Waals surface area contributed by atoms with Crippen LogP contribution in [0.1, 0.15) is 29.7 Å². The molecule has 0 radical (unpaired) electrons. The van der Waals surface area contributed by atoms with E-state index in [-0.39, 0.29) is 17.9 Å². The quantitative estimate of drug-likeness (QED) is 0.379. The summed E-state index contributed by atoms with van der Waals surface area (Å²) >= 11 is -1.43. The third-order valence-electron chi connectivity index (χ3n) is 4.90. The first-order valence-corrected chi connectivity index (χ1v) is 11.4. The van der Waals surface area contributed by atoms with E-state index in [4.69, 9.17) is 0 Å². The zero-order valence-corrected chi connectivity index (χ0v) is 19.0. The van der Waals surface area contributed by atoms with Gasteiger partial charge in [-0.05, 0) is 47.7 Å². The molecule has 6 nitrogen and oxygen atoms in total. The van der Waals surface area contributed by atoms with Crippen LogP contribution < -0.4 is 9.62 Å². The monoisotopic (exact) mass is 500 g/mol. The Balaban J connectivity index is 1.78. The Morgan fingerprint density at radius 1 is 1.27 bits per heavy atom. The van der Waals surface area contributed by atoms with Crippen LogP contribution in [0.3, 0.4) is 0 Å². The van der Waals surface area contributed by atoms with Gasteiger partial charge in [-0.3, -0.25) is 9.00 Å². The van der Waals surface area contributed by atoms with E-state index in [1.165, 1.54) is 43.5 Å². The molecule has 1 amide bonds. The standard InChI is InChI=1S/C21H19F4N3O3S2/c1-12(13-5-7-16(15(22)10-13)28(2)33(30)31)20(29)26-11-14-6-8-18(21(23,24)25)27-19(14)17-4-3-9-32-17/h3-10,12H,11H2,1-2H3,(H,26,29)(H,30,31)/p-1. The molecule has 0 saturated heterocycles. The topological polar surface area (TPSA) is 85.4 Å². The number of hydrogen-bond donors (Lipinski definition) is 1. The number of aromatic nitrogens is 1. The molecule has 0 saturated carbocycles. The molecule has 0 fully saturated rings. The Bertz CT molecular complexity index is 1170. The van der Waals surface area contributed by atoms with Gasteiger partial charge in [-0.2, -0.15) is 13.2 Å². The van der Waals surface area contributed by atoms with Gasteiger partial charge in [0.05, 0.1) is 22.2 Å². The van der Waals surface area contributed by atoms with Crippen molar-refractivity contribution in [2.45, 2.75) is 25.6 Å². The van der Waals surface area contributed by atoms with Crippen LogP contribution in [0.25, 0.3) is 10.6 Å². The lowest BCUT2D eigenvalue weighted by molar-refractivity contribution is -0.141. The summed E-state index contributed by atoms with van der Waals surface area (Å²) in [6.45, 7) is 1.45. The number of nitrogens with zero attached hydrogens (tertiary/aromatic N) is 2. The molecule has 2 aromatic heterocycles. The number of anilines is 1. The van der Waals surface area contributed by atoms with E-state index in [0.717, 1.165) is 12.1 Å². The number of benzene rings is 1. The first kappa shape index (κ1) is 24.8. The highest BCUT2D eigenvalue weighted by atomic mass is 32.2. The van der Waals surface area contributed by atoms with Crippen molar-refractivity contribution in [1.29, 1.82) is 0 Å². The first-order valence-electron chi connectivity index (χ1n) is 9.50. The number of carbonyl (C=O) groups is 1. The number of pyridine rings is 1. The molecule has 0 aliphatic rings. The zero-order chi connectivity index (χ0) is 24.3. The second-order valence-corrected chi connectivity index (χ2v) is 8.97. The smallest absolute Gasteiger partial charge is 0.433 e. The summed E-state index contributed by atoms with van der Waals surface area (Å²) in [5.41, 5.74) is -0.378. The van der Waals surface area contributed by atoms with Gasteiger partial charge < -0.3 is 14.2 Å². The molecule has 0 spiro atoms. The predicted molar refractivity (Wildman–Crippen MR) is 117 cm³/mol. The number of carbonyl (C=O) groups excluding carboxylic acids is 1. The van der Waals surface area contributed by atoms with Crippen LogP contribution in [0.4, 0.5) is 23.2 Å². The third kappa shape index (κ3) is 5.75. The molecular formula is C21H18F4N3O3S2-. The lowest BCUT2D eigenvalue weighted by atomic mass is 9.99. The molecule has 0 aliphatic carbocycles.